The summed E-state index contributed by atoms with van der Waals surface area (Å²) < 4.78 is 0. The van der Waals surface area contributed by atoms with Crippen LogP contribution in [0.15, 0.2) is 18.2 Å². The van der Waals surface area contributed by atoms with Crippen LogP contribution in [0.4, 0.5) is 0 Å². The Bertz CT molecular complexity index is 492. The van der Waals surface area contributed by atoms with Gasteiger partial charge in [0, 0.05) is 18.6 Å². The molecule has 0 amide bonds. The van der Waals surface area contributed by atoms with E-state index in [4.69, 9.17) is 28.9 Å². The van der Waals surface area contributed by atoms with Crippen molar-refractivity contribution in [2.75, 3.05) is 13.1 Å². The van der Waals surface area contributed by atoms with E-state index in [1.165, 1.54) is 38.6 Å². The minimum atomic E-state index is -0.0289. The highest BCUT2D eigenvalue weighted by molar-refractivity contribution is 6.42. The molecule has 21 heavy (non-hydrogen) atoms. The zero-order valence-electron chi connectivity index (χ0n) is 12.4. The van der Waals surface area contributed by atoms with Crippen LogP contribution in [0.2, 0.25) is 10.0 Å². The lowest BCUT2D eigenvalue weighted by Crippen LogP contribution is -2.36. The monoisotopic (exact) mass is 326 g/mol. The Hall–Kier alpha value is -0.280. The van der Waals surface area contributed by atoms with Crippen LogP contribution in [0.25, 0.3) is 0 Å². The first-order valence-electron chi connectivity index (χ1n) is 8.10. The molecule has 2 N–H and O–H groups in total. The molecule has 3 atom stereocenters. The molecule has 1 aliphatic heterocycles. The molecule has 3 unspecified atom stereocenters. The maximum absolute atomic E-state index is 6.34. The Morgan fingerprint density at radius 1 is 1.19 bits per heavy atom. The third kappa shape index (κ3) is 3.39. The molecule has 2 aliphatic rings. The van der Waals surface area contributed by atoms with Gasteiger partial charge in [0.2, 0.25) is 0 Å². The summed E-state index contributed by atoms with van der Waals surface area (Å²) in [5.41, 5.74) is 7.32. The summed E-state index contributed by atoms with van der Waals surface area (Å²) in [7, 11) is 0. The van der Waals surface area contributed by atoms with Crippen LogP contribution in [-0.2, 0) is 0 Å². The summed E-state index contributed by atoms with van der Waals surface area (Å²) in [5.74, 6) is 0.935. The number of hydrogen-bond acceptors (Lipinski definition) is 2. The minimum absolute atomic E-state index is 0.0289. The molecule has 0 aromatic heterocycles. The molecular formula is C17H24Cl2N2. The lowest BCUT2D eigenvalue weighted by Gasteiger charge is -2.32. The zero-order valence-corrected chi connectivity index (χ0v) is 13.9. The number of halogens is 2. The second-order valence-corrected chi connectivity index (χ2v) is 7.26. The molecule has 1 saturated heterocycles. The maximum atomic E-state index is 6.34. The summed E-state index contributed by atoms with van der Waals surface area (Å²) in [5, 5.41) is 1.21. The van der Waals surface area contributed by atoms with Crippen LogP contribution >= 0.6 is 23.2 Å². The van der Waals surface area contributed by atoms with Gasteiger partial charge in [-0.1, -0.05) is 48.2 Å². The number of fused-ring (bicyclic) bond motifs is 1. The topological polar surface area (TPSA) is 29.3 Å². The summed E-state index contributed by atoms with van der Waals surface area (Å²) in [4.78, 5) is 2.65. The molecule has 3 rings (SSSR count). The van der Waals surface area contributed by atoms with E-state index in [9.17, 15) is 0 Å². The third-order valence-electron chi connectivity index (χ3n) is 5.23. The zero-order chi connectivity index (χ0) is 14.8. The summed E-state index contributed by atoms with van der Waals surface area (Å²) in [6, 6.07) is 6.51. The van der Waals surface area contributed by atoms with Crippen LogP contribution in [-0.4, -0.2) is 24.0 Å². The first-order valence-corrected chi connectivity index (χ1v) is 8.86. The van der Waals surface area contributed by atoms with E-state index in [1.54, 1.807) is 0 Å². The quantitative estimate of drug-likeness (QED) is 0.872. The van der Waals surface area contributed by atoms with E-state index in [1.807, 2.05) is 18.2 Å². The van der Waals surface area contributed by atoms with Gasteiger partial charge in [-0.3, -0.25) is 0 Å². The van der Waals surface area contributed by atoms with Gasteiger partial charge >= 0.3 is 0 Å². The molecule has 1 saturated carbocycles. The minimum Gasteiger partial charge on any atom is -0.324 e. The van der Waals surface area contributed by atoms with Crippen molar-refractivity contribution in [1.82, 2.24) is 4.90 Å². The largest absolute Gasteiger partial charge is 0.324 e. The number of nitrogens with zero attached hydrogens (tertiary/aromatic N) is 1. The number of likely N-dealkylation sites (tertiary alicyclic amines) is 1. The smallest absolute Gasteiger partial charge is 0.0640 e. The first kappa shape index (κ1) is 15.6. The normalized spacial score (nSPS) is 27.6. The molecule has 116 valence electrons. The Kier molecular flexibility index (Phi) is 5.11. The maximum Gasteiger partial charge on any atom is 0.0640 e. The van der Waals surface area contributed by atoms with Crippen LogP contribution in [0.1, 0.15) is 50.1 Å². The second-order valence-electron chi connectivity index (χ2n) is 6.47. The summed E-state index contributed by atoms with van der Waals surface area (Å²) in [6.45, 7) is 2.32. The first-order chi connectivity index (χ1) is 10.2. The van der Waals surface area contributed by atoms with Gasteiger partial charge in [-0.15, -0.1) is 0 Å². The van der Waals surface area contributed by atoms with E-state index in [2.05, 4.69) is 4.90 Å². The van der Waals surface area contributed by atoms with Crippen LogP contribution in [0.5, 0.6) is 0 Å². The molecule has 1 aromatic rings. The van der Waals surface area contributed by atoms with Crippen molar-refractivity contribution in [2.24, 2.45) is 11.7 Å². The summed E-state index contributed by atoms with van der Waals surface area (Å²) in [6.07, 6.45) is 7.93. The van der Waals surface area contributed by atoms with E-state index in [0.717, 1.165) is 30.5 Å². The van der Waals surface area contributed by atoms with Gasteiger partial charge < -0.3 is 10.6 Å². The Labute approximate surface area is 137 Å². The van der Waals surface area contributed by atoms with E-state index < -0.39 is 0 Å². The van der Waals surface area contributed by atoms with E-state index >= 15 is 0 Å². The highest BCUT2D eigenvalue weighted by atomic mass is 35.5. The highest BCUT2D eigenvalue weighted by Gasteiger charge is 2.35. The Morgan fingerprint density at radius 2 is 2.00 bits per heavy atom. The fraction of sp³-hybridized carbons (Fsp3) is 0.647. The molecule has 0 radical (unpaired) electrons. The molecule has 1 aliphatic carbocycles. The van der Waals surface area contributed by atoms with Crippen molar-refractivity contribution in [3.05, 3.63) is 33.8 Å². The number of benzene rings is 1. The molecule has 1 aromatic carbocycles. The lowest BCUT2D eigenvalue weighted by atomic mass is 9.85. The average Bonchev–Trinajstić information content (AvgIpc) is 2.91. The van der Waals surface area contributed by atoms with Gasteiger partial charge in [-0.05, 0) is 49.8 Å². The van der Waals surface area contributed by atoms with Crippen molar-refractivity contribution in [3.63, 3.8) is 0 Å². The average molecular weight is 327 g/mol. The lowest BCUT2D eigenvalue weighted by molar-refractivity contribution is 0.178. The third-order valence-corrected chi connectivity index (χ3v) is 6.07. The molecule has 4 heteroatoms. The van der Waals surface area contributed by atoms with Crippen molar-refractivity contribution < 1.29 is 0 Å². The van der Waals surface area contributed by atoms with Crippen LogP contribution in [0, 0.1) is 5.92 Å². The van der Waals surface area contributed by atoms with Gasteiger partial charge in [0.05, 0.1) is 10.0 Å². The summed E-state index contributed by atoms with van der Waals surface area (Å²) >= 11 is 12.3. The molecule has 0 bridgehead atoms. The molecule has 1 heterocycles. The standard InChI is InChI=1S/C17H24Cl2N2/c18-14-6-3-5-13(17(14)19)15(20)9-11-21-10-8-12-4-1-2-7-16(12)21/h3,5-6,12,15-16H,1-2,4,7-11,20H2. The Morgan fingerprint density at radius 3 is 2.86 bits per heavy atom. The number of rotatable bonds is 4. The fourth-order valence-electron chi connectivity index (χ4n) is 4.05. The molecule has 2 nitrogen and oxygen atoms in total. The van der Waals surface area contributed by atoms with E-state index in [0.29, 0.717) is 10.0 Å². The van der Waals surface area contributed by atoms with Crippen molar-refractivity contribution >= 4 is 23.2 Å². The fourth-order valence-corrected chi connectivity index (χ4v) is 4.50. The molecule has 2 fully saturated rings. The van der Waals surface area contributed by atoms with Crippen molar-refractivity contribution in [3.8, 4) is 0 Å². The van der Waals surface area contributed by atoms with Gasteiger partial charge in [0.25, 0.3) is 0 Å². The van der Waals surface area contributed by atoms with Gasteiger partial charge in [0.15, 0.2) is 0 Å². The number of hydrogen-bond donors (Lipinski definition) is 1. The highest BCUT2D eigenvalue weighted by Crippen LogP contribution is 2.37. The molecule has 0 spiro atoms. The van der Waals surface area contributed by atoms with Gasteiger partial charge in [-0.2, -0.15) is 0 Å². The predicted molar refractivity (Wildman–Crippen MR) is 89.9 cm³/mol. The van der Waals surface area contributed by atoms with Gasteiger partial charge in [-0.25, -0.2) is 0 Å². The Balaban J connectivity index is 1.58. The van der Waals surface area contributed by atoms with Gasteiger partial charge in [0.1, 0.15) is 0 Å². The van der Waals surface area contributed by atoms with Crippen LogP contribution in [0.3, 0.4) is 0 Å². The van der Waals surface area contributed by atoms with E-state index in [-0.39, 0.29) is 6.04 Å². The van der Waals surface area contributed by atoms with Crippen LogP contribution < -0.4 is 5.73 Å². The SMILES string of the molecule is NC(CCN1CCC2CCCCC21)c1cccc(Cl)c1Cl. The number of nitrogens with two attached hydrogens (primary N) is 1. The predicted octanol–water partition coefficient (Wildman–Crippen LogP) is 4.65. The van der Waals surface area contributed by atoms with Crippen molar-refractivity contribution in [2.45, 2.75) is 50.6 Å². The van der Waals surface area contributed by atoms with Crippen molar-refractivity contribution in [1.29, 1.82) is 0 Å². The molecular weight excluding hydrogens is 303 g/mol. The second kappa shape index (κ2) is 6.87.